The molecule has 0 amide bonds. The van der Waals surface area contributed by atoms with Crippen LogP contribution in [0.2, 0.25) is 0 Å². The van der Waals surface area contributed by atoms with Crippen molar-refractivity contribution >= 4 is 5.97 Å². The van der Waals surface area contributed by atoms with Crippen LogP contribution in [0.5, 0.6) is 11.5 Å². The van der Waals surface area contributed by atoms with Crippen LogP contribution in [0.1, 0.15) is 18.1 Å². The fourth-order valence-electron chi connectivity index (χ4n) is 1.59. The normalized spacial score (nSPS) is 9.44. The summed E-state index contributed by atoms with van der Waals surface area (Å²) in [5.74, 6) is 0.456. The maximum Gasteiger partial charge on any atom is 0.310 e. The average molecular weight is 249 g/mol. The molecule has 1 rings (SSSR count). The summed E-state index contributed by atoms with van der Waals surface area (Å²) in [5.41, 5.74) is 0.985. The first kappa shape index (κ1) is 13.8. The molecular formula is C13H15NO4. The van der Waals surface area contributed by atoms with Crippen LogP contribution in [0.15, 0.2) is 12.1 Å². The molecule has 0 atom stereocenters. The Labute approximate surface area is 106 Å². The first-order valence-electron chi connectivity index (χ1n) is 5.46. The summed E-state index contributed by atoms with van der Waals surface area (Å²) < 4.78 is 15.1. The third-order valence-corrected chi connectivity index (χ3v) is 2.31. The Morgan fingerprint density at radius 2 is 2.06 bits per heavy atom. The molecule has 18 heavy (non-hydrogen) atoms. The highest BCUT2D eigenvalue weighted by atomic mass is 16.5. The zero-order valence-corrected chi connectivity index (χ0v) is 10.6. The lowest BCUT2D eigenvalue weighted by atomic mass is 10.1. The number of nitrogens with zero attached hydrogens (tertiary/aromatic N) is 1. The SMILES string of the molecule is CCOC(=O)Cc1cc(C#N)c(OC)c(OC)c1. The average Bonchev–Trinajstić information content (AvgIpc) is 2.37. The molecule has 0 aliphatic rings. The zero-order chi connectivity index (χ0) is 13.5. The van der Waals surface area contributed by atoms with E-state index in [0.29, 0.717) is 29.2 Å². The third kappa shape index (κ3) is 3.14. The fraction of sp³-hybridized carbons (Fsp3) is 0.385. The molecule has 0 radical (unpaired) electrons. The van der Waals surface area contributed by atoms with Crippen LogP contribution in [0.4, 0.5) is 0 Å². The van der Waals surface area contributed by atoms with Gasteiger partial charge in [-0.3, -0.25) is 4.79 Å². The molecule has 0 aliphatic heterocycles. The fourth-order valence-corrected chi connectivity index (χ4v) is 1.59. The van der Waals surface area contributed by atoms with Gasteiger partial charge in [-0.25, -0.2) is 0 Å². The van der Waals surface area contributed by atoms with E-state index in [0.717, 1.165) is 0 Å². The number of carbonyl (C=O) groups is 1. The van der Waals surface area contributed by atoms with Gasteiger partial charge >= 0.3 is 5.97 Å². The van der Waals surface area contributed by atoms with Crippen LogP contribution >= 0.6 is 0 Å². The standard InChI is InChI=1S/C13H15NO4/c1-4-18-12(15)7-9-5-10(8-14)13(17-3)11(6-9)16-2/h5-6H,4,7H2,1-3H3. The molecule has 0 saturated carbocycles. The van der Waals surface area contributed by atoms with E-state index in [1.165, 1.54) is 14.2 Å². The van der Waals surface area contributed by atoms with Gasteiger partial charge in [0.15, 0.2) is 11.5 Å². The molecule has 0 N–H and O–H groups in total. The molecule has 0 fully saturated rings. The van der Waals surface area contributed by atoms with E-state index in [9.17, 15) is 4.79 Å². The lowest BCUT2D eigenvalue weighted by Gasteiger charge is -2.11. The van der Waals surface area contributed by atoms with Gasteiger partial charge in [0.2, 0.25) is 0 Å². The molecule has 0 unspecified atom stereocenters. The Kier molecular flexibility index (Phi) is 5.00. The van der Waals surface area contributed by atoms with Crippen molar-refractivity contribution in [2.45, 2.75) is 13.3 Å². The van der Waals surface area contributed by atoms with Gasteiger partial charge in [-0.15, -0.1) is 0 Å². The molecule has 5 nitrogen and oxygen atoms in total. The van der Waals surface area contributed by atoms with Gasteiger partial charge in [-0.05, 0) is 24.6 Å². The Hall–Kier alpha value is -2.22. The first-order valence-corrected chi connectivity index (χ1v) is 5.46. The Balaban J connectivity index is 3.08. The number of ether oxygens (including phenoxy) is 3. The number of hydrogen-bond donors (Lipinski definition) is 0. The summed E-state index contributed by atoms with van der Waals surface area (Å²) in [7, 11) is 2.94. The smallest absolute Gasteiger partial charge is 0.310 e. The van der Waals surface area contributed by atoms with Gasteiger partial charge < -0.3 is 14.2 Å². The summed E-state index contributed by atoms with van der Waals surface area (Å²) in [5, 5.41) is 9.03. The monoisotopic (exact) mass is 249 g/mol. The predicted molar refractivity (Wildman–Crippen MR) is 64.6 cm³/mol. The third-order valence-electron chi connectivity index (χ3n) is 2.31. The van der Waals surface area contributed by atoms with Crippen LogP contribution in [0.3, 0.4) is 0 Å². The van der Waals surface area contributed by atoms with Crippen molar-refractivity contribution < 1.29 is 19.0 Å². The van der Waals surface area contributed by atoms with Gasteiger partial charge in [0.05, 0.1) is 32.8 Å². The topological polar surface area (TPSA) is 68.6 Å². The molecule has 1 aromatic carbocycles. The van der Waals surface area contributed by atoms with Crippen molar-refractivity contribution in [1.82, 2.24) is 0 Å². The zero-order valence-electron chi connectivity index (χ0n) is 10.6. The minimum Gasteiger partial charge on any atom is -0.493 e. The van der Waals surface area contributed by atoms with Crippen molar-refractivity contribution in [3.63, 3.8) is 0 Å². The van der Waals surface area contributed by atoms with Crippen molar-refractivity contribution in [1.29, 1.82) is 5.26 Å². The molecular weight excluding hydrogens is 234 g/mol. The number of rotatable bonds is 5. The summed E-state index contributed by atoms with van der Waals surface area (Å²) in [4.78, 5) is 11.4. The van der Waals surface area contributed by atoms with Crippen LogP contribution in [0.25, 0.3) is 0 Å². The van der Waals surface area contributed by atoms with E-state index in [4.69, 9.17) is 19.5 Å². The number of hydrogen-bond acceptors (Lipinski definition) is 5. The number of nitriles is 1. The summed E-state index contributed by atoms with van der Waals surface area (Å²) in [6.45, 7) is 2.07. The second kappa shape index (κ2) is 6.50. The van der Waals surface area contributed by atoms with Gasteiger partial charge in [0.25, 0.3) is 0 Å². The van der Waals surface area contributed by atoms with Crippen LogP contribution in [-0.2, 0) is 16.0 Å². The molecule has 0 aliphatic carbocycles. The minimum atomic E-state index is -0.339. The molecule has 0 bridgehead atoms. The molecule has 96 valence electrons. The van der Waals surface area contributed by atoms with Gasteiger partial charge in [-0.2, -0.15) is 5.26 Å². The second-order valence-electron chi connectivity index (χ2n) is 3.47. The Morgan fingerprint density at radius 1 is 1.33 bits per heavy atom. The van der Waals surface area contributed by atoms with E-state index in [1.807, 2.05) is 6.07 Å². The van der Waals surface area contributed by atoms with E-state index >= 15 is 0 Å². The number of carbonyl (C=O) groups excluding carboxylic acids is 1. The lowest BCUT2D eigenvalue weighted by Crippen LogP contribution is -2.08. The maximum atomic E-state index is 11.4. The first-order chi connectivity index (χ1) is 8.65. The Bertz CT molecular complexity index is 477. The number of esters is 1. The molecule has 0 spiro atoms. The van der Waals surface area contributed by atoms with Gasteiger partial charge in [-0.1, -0.05) is 0 Å². The highest BCUT2D eigenvalue weighted by molar-refractivity contribution is 5.73. The summed E-state index contributed by atoms with van der Waals surface area (Å²) >= 11 is 0. The Morgan fingerprint density at radius 3 is 2.56 bits per heavy atom. The van der Waals surface area contributed by atoms with E-state index in [-0.39, 0.29) is 12.4 Å². The van der Waals surface area contributed by atoms with Crippen molar-refractivity contribution in [2.24, 2.45) is 0 Å². The lowest BCUT2D eigenvalue weighted by molar-refractivity contribution is -0.142. The maximum absolute atomic E-state index is 11.4. The molecule has 5 heteroatoms. The number of methoxy groups -OCH3 is 2. The highest BCUT2D eigenvalue weighted by Gasteiger charge is 2.14. The van der Waals surface area contributed by atoms with Crippen LogP contribution in [0, 0.1) is 11.3 Å². The van der Waals surface area contributed by atoms with Gasteiger partial charge in [0, 0.05) is 0 Å². The van der Waals surface area contributed by atoms with Crippen molar-refractivity contribution in [3.05, 3.63) is 23.3 Å². The van der Waals surface area contributed by atoms with E-state index < -0.39 is 0 Å². The summed E-state index contributed by atoms with van der Waals surface area (Å²) in [6.07, 6.45) is 0.100. The summed E-state index contributed by atoms with van der Waals surface area (Å²) in [6, 6.07) is 5.27. The predicted octanol–water partition coefficient (Wildman–Crippen LogP) is 1.68. The molecule has 1 aromatic rings. The quantitative estimate of drug-likeness (QED) is 0.742. The van der Waals surface area contributed by atoms with E-state index in [1.54, 1.807) is 19.1 Å². The van der Waals surface area contributed by atoms with E-state index in [2.05, 4.69) is 0 Å². The largest absolute Gasteiger partial charge is 0.493 e. The van der Waals surface area contributed by atoms with Crippen molar-refractivity contribution in [3.8, 4) is 17.6 Å². The van der Waals surface area contributed by atoms with Crippen molar-refractivity contribution in [2.75, 3.05) is 20.8 Å². The number of benzene rings is 1. The highest BCUT2D eigenvalue weighted by Crippen LogP contribution is 2.32. The van der Waals surface area contributed by atoms with Crippen LogP contribution in [-0.4, -0.2) is 26.8 Å². The van der Waals surface area contributed by atoms with Crippen LogP contribution < -0.4 is 9.47 Å². The molecule has 0 saturated heterocycles. The second-order valence-corrected chi connectivity index (χ2v) is 3.47. The minimum absolute atomic E-state index is 0.100. The van der Waals surface area contributed by atoms with Gasteiger partial charge in [0.1, 0.15) is 6.07 Å². The molecule has 0 heterocycles. The molecule has 0 aromatic heterocycles.